The van der Waals surface area contributed by atoms with Crippen molar-refractivity contribution in [1.29, 1.82) is 0 Å². The van der Waals surface area contributed by atoms with Gasteiger partial charge >= 0.3 is 5.97 Å². The van der Waals surface area contributed by atoms with E-state index in [0.717, 1.165) is 6.39 Å². The van der Waals surface area contributed by atoms with Crippen LogP contribution in [0.4, 0.5) is 4.39 Å². The summed E-state index contributed by atoms with van der Waals surface area (Å²) in [7, 11) is 0. The molecule has 0 unspecified atom stereocenters. The molecular formula is C17H13FN2O4S. The number of carboxylic acid groups (broad SMARTS) is 1. The summed E-state index contributed by atoms with van der Waals surface area (Å²) in [5, 5.41) is 13.6. The number of thiophene rings is 1. The molecule has 0 fully saturated rings. The molecule has 0 aliphatic carbocycles. The van der Waals surface area contributed by atoms with Crippen LogP contribution in [0.3, 0.4) is 0 Å². The molecule has 0 radical (unpaired) electrons. The maximum absolute atomic E-state index is 13.0. The van der Waals surface area contributed by atoms with Gasteiger partial charge in [-0.2, -0.15) is 0 Å². The van der Waals surface area contributed by atoms with Crippen molar-refractivity contribution in [3.8, 4) is 10.6 Å². The fraction of sp³-hybridized carbons (Fsp3) is 0.118. The number of carboxylic acids is 1. The number of aliphatic carboxylic acids is 1. The molecule has 0 saturated carbocycles. The predicted octanol–water partition coefficient (Wildman–Crippen LogP) is 2.97. The van der Waals surface area contributed by atoms with Gasteiger partial charge in [-0.05, 0) is 29.1 Å². The third-order valence-corrected chi connectivity index (χ3v) is 4.35. The van der Waals surface area contributed by atoms with E-state index >= 15 is 0 Å². The molecule has 1 aromatic carbocycles. The first-order chi connectivity index (χ1) is 12.0. The number of carbonyl (C=O) groups excluding carboxylic acids is 1. The Hall–Kier alpha value is -3.00. The van der Waals surface area contributed by atoms with Crippen LogP contribution in [0.1, 0.15) is 16.1 Å². The SMILES string of the molecule is O=C(N[C@@H](Cc1ccc(F)cc1)C(=O)O)c1ncoc1-c1cccs1. The van der Waals surface area contributed by atoms with Gasteiger partial charge in [0.15, 0.2) is 17.8 Å². The molecule has 8 heteroatoms. The van der Waals surface area contributed by atoms with Gasteiger partial charge in [-0.3, -0.25) is 4.79 Å². The Morgan fingerprint density at radius 3 is 2.68 bits per heavy atom. The van der Waals surface area contributed by atoms with Crippen LogP contribution >= 0.6 is 11.3 Å². The number of carbonyl (C=O) groups is 2. The molecule has 25 heavy (non-hydrogen) atoms. The lowest BCUT2D eigenvalue weighted by molar-refractivity contribution is -0.139. The highest BCUT2D eigenvalue weighted by molar-refractivity contribution is 7.13. The normalized spacial score (nSPS) is 11.9. The molecule has 3 rings (SSSR count). The molecule has 1 atom stereocenters. The molecular weight excluding hydrogens is 347 g/mol. The summed E-state index contributed by atoms with van der Waals surface area (Å²) in [5.41, 5.74) is 0.612. The summed E-state index contributed by atoms with van der Waals surface area (Å²) in [6.45, 7) is 0. The largest absolute Gasteiger partial charge is 0.480 e. The van der Waals surface area contributed by atoms with Gasteiger partial charge in [0.1, 0.15) is 11.9 Å². The van der Waals surface area contributed by atoms with Crippen LogP contribution in [0.15, 0.2) is 52.6 Å². The summed E-state index contributed by atoms with van der Waals surface area (Å²) in [6, 6.07) is 7.83. The number of amides is 1. The van der Waals surface area contributed by atoms with E-state index in [1.807, 2.05) is 5.38 Å². The average Bonchev–Trinajstić information content (AvgIpc) is 3.26. The van der Waals surface area contributed by atoms with Gasteiger partial charge in [-0.15, -0.1) is 11.3 Å². The van der Waals surface area contributed by atoms with Crippen molar-refractivity contribution >= 4 is 23.2 Å². The van der Waals surface area contributed by atoms with E-state index in [-0.39, 0.29) is 12.1 Å². The molecule has 0 aliphatic heterocycles. The molecule has 2 N–H and O–H groups in total. The van der Waals surface area contributed by atoms with Crippen LogP contribution in [0.25, 0.3) is 10.6 Å². The van der Waals surface area contributed by atoms with E-state index in [1.54, 1.807) is 12.1 Å². The smallest absolute Gasteiger partial charge is 0.326 e. The van der Waals surface area contributed by atoms with Crippen LogP contribution in [0, 0.1) is 5.82 Å². The first-order valence-corrected chi connectivity index (χ1v) is 8.18. The summed E-state index contributed by atoms with van der Waals surface area (Å²) in [6.07, 6.45) is 1.16. The topological polar surface area (TPSA) is 92.4 Å². The number of hydrogen-bond acceptors (Lipinski definition) is 5. The Kier molecular flexibility index (Phi) is 4.90. The highest BCUT2D eigenvalue weighted by Crippen LogP contribution is 2.27. The standard InChI is InChI=1S/C17H13FN2O4S/c18-11-5-3-10(4-6-11)8-12(17(22)23)20-16(21)14-15(24-9-19-14)13-2-1-7-25-13/h1-7,9,12H,8H2,(H,20,21)(H,22,23)/t12-/m0/s1. The zero-order chi connectivity index (χ0) is 17.8. The lowest BCUT2D eigenvalue weighted by Gasteiger charge is -2.14. The predicted molar refractivity (Wildman–Crippen MR) is 88.8 cm³/mol. The van der Waals surface area contributed by atoms with Crippen LogP contribution in [-0.2, 0) is 11.2 Å². The van der Waals surface area contributed by atoms with Gasteiger partial charge in [0.2, 0.25) is 0 Å². The van der Waals surface area contributed by atoms with E-state index in [1.165, 1.54) is 35.6 Å². The maximum atomic E-state index is 13.0. The number of halogens is 1. The zero-order valence-corrected chi connectivity index (χ0v) is 13.6. The van der Waals surface area contributed by atoms with Crippen LogP contribution in [-0.4, -0.2) is 28.0 Å². The first-order valence-electron chi connectivity index (χ1n) is 7.30. The molecule has 0 bridgehead atoms. The van der Waals surface area contributed by atoms with Crippen LogP contribution in [0.5, 0.6) is 0 Å². The highest BCUT2D eigenvalue weighted by Gasteiger charge is 2.25. The quantitative estimate of drug-likeness (QED) is 0.705. The van der Waals surface area contributed by atoms with Gasteiger partial charge in [0, 0.05) is 6.42 Å². The first kappa shape index (κ1) is 16.8. The van der Waals surface area contributed by atoms with Crippen molar-refractivity contribution in [2.45, 2.75) is 12.5 Å². The molecule has 3 aromatic rings. The van der Waals surface area contributed by atoms with Gasteiger partial charge in [-0.1, -0.05) is 18.2 Å². The number of nitrogens with zero attached hydrogens (tertiary/aromatic N) is 1. The molecule has 2 heterocycles. The van der Waals surface area contributed by atoms with Gasteiger partial charge in [-0.25, -0.2) is 14.2 Å². The number of oxazole rings is 1. The maximum Gasteiger partial charge on any atom is 0.326 e. The number of benzene rings is 1. The molecule has 0 spiro atoms. The van der Waals surface area contributed by atoms with E-state index < -0.39 is 23.7 Å². The average molecular weight is 360 g/mol. The summed E-state index contributed by atoms with van der Waals surface area (Å²) in [4.78, 5) is 28.5. The fourth-order valence-electron chi connectivity index (χ4n) is 2.27. The van der Waals surface area contributed by atoms with Gasteiger partial charge in [0.05, 0.1) is 4.88 Å². The molecule has 0 saturated heterocycles. The molecule has 2 aromatic heterocycles. The minimum absolute atomic E-state index is 0.0211. The molecule has 6 nitrogen and oxygen atoms in total. The number of aromatic nitrogens is 1. The lowest BCUT2D eigenvalue weighted by Crippen LogP contribution is -2.42. The van der Waals surface area contributed by atoms with Crippen molar-refractivity contribution in [1.82, 2.24) is 10.3 Å². The second-order valence-corrected chi connectivity index (χ2v) is 6.15. The Balaban J connectivity index is 1.77. The fourth-order valence-corrected chi connectivity index (χ4v) is 2.99. The van der Waals surface area contributed by atoms with Crippen LogP contribution < -0.4 is 5.32 Å². The van der Waals surface area contributed by atoms with Gasteiger partial charge in [0.25, 0.3) is 5.91 Å². The Morgan fingerprint density at radius 2 is 2.04 bits per heavy atom. The van der Waals surface area contributed by atoms with E-state index in [2.05, 4.69) is 10.3 Å². The number of rotatable bonds is 6. The Bertz CT molecular complexity index is 874. The third-order valence-electron chi connectivity index (χ3n) is 3.48. The lowest BCUT2D eigenvalue weighted by atomic mass is 10.1. The zero-order valence-electron chi connectivity index (χ0n) is 12.8. The Labute approximate surface area is 145 Å². The molecule has 128 valence electrons. The van der Waals surface area contributed by atoms with Gasteiger partial charge < -0.3 is 14.8 Å². The second-order valence-electron chi connectivity index (χ2n) is 5.20. The molecule has 0 aliphatic rings. The highest BCUT2D eigenvalue weighted by atomic mass is 32.1. The summed E-state index contributed by atoms with van der Waals surface area (Å²) >= 11 is 1.38. The van der Waals surface area contributed by atoms with Crippen molar-refractivity contribution < 1.29 is 23.5 Å². The second kappa shape index (κ2) is 7.27. The molecule has 1 amide bonds. The minimum Gasteiger partial charge on any atom is -0.480 e. The van der Waals surface area contributed by atoms with E-state index in [9.17, 15) is 19.1 Å². The van der Waals surface area contributed by atoms with E-state index in [0.29, 0.717) is 16.2 Å². The van der Waals surface area contributed by atoms with Crippen molar-refractivity contribution in [3.05, 3.63) is 65.2 Å². The number of nitrogens with one attached hydrogen (secondary N) is 1. The minimum atomic E-state index is -1.20. The van der Waals surface area contributed by atoms with Crippen molar-refractivity contribution in [3.63, 3.8) is 0 Å². The third kappa shape index (κ3) is 3.92. The summed E-state index contributed by atoms with van der Waals surface area (Å²) < 4.78 is 18.2. The van der Waals surface area contributed by atoms with Crippen LogP contribution in [0.2, 0.25) is 0 Å². The summed E-state index contributed by atoms with van der Waals surface area (Å²) in [5.74, 6) is -1.97. The van der Waals surface area contributed by atoms with E-state index in [4.69, 9.17) is 4.42 Å². The Morgan fingerprint density at radius 1 is 1.28 bits per heavy atom. The van der Waals surface area contributed by atoms with Crippen molar-refractivity contribution in [2.75, 3.05) is 0 Å². The van der Waals surface area contributed by atoms with Crippen molar-refractivity contribution in [2.24, 2.45) is 0 Å². The number of hydrogen-bond donors (Lipinski definition) is 2. The monoisotopic (exact) mass is 360 g/mol.